The third-order valence-corrected chi connectivity index (χ3v) is 7.79. The number of H-pyrrole nitrogens is 3. The van der Waals surface area contributed by atoms with Crippen molar-refractivity contribution in [1.29, 1.82) is 0 Å². The third kappa shape index (κ3) is 4.66. The lowest BCUT2D eigenvalue weighted by Crippen LogP contribution is -2.46. The van der Waals surface area contributed by atoms with Crippen molar-refractivity contribution in [2.24, 2.45) is 0 Å². The molecule has 1 atom stereocenters. The van der Waals surface area contributed by atoms with Crippen molar-refractivity contribution in [3.8, 4) is 11.4 Å². The number of para-hydroxylation sites is 1. The third-order valence-electron chi connectivity index (χ3n) is 6.86. The van der Waals surface area contributed by atoms with E-state index in [0.29, 0.717) is 11.0 Å². The molecule has 3 N–H and O–H groups in total. The van der Waals surface area contributed by atoms with Gasteiger partial charge in [0.1, 0.15) is 17.6 Å². The van der Waals surface area contributed by atoms with E-state index in [-0.39, 0.29) is 0 Å². The van der Waals surface area contributed by atoms with E-state index in [9.17, 15) is 14.1 Å². The SMILES string of the molecule is C[S+]([O-])c1ccc(-c2nc3c(N4CCN(Cc5ccc6[nH]c(=O)c(=O)[nH]c6c5)CC4)cccc3[nH]2)cc1. The molecule has 3 aromatic carbocycles. The molecule has 10 heteroatoms. The largest absolute Gasteiger partial charge is 0.612 e. The van der Waals surface area contributed by atoms with E-state index in [1.165, 1.54) is 0 Å². The van der Waals surface area contributed by atoms with Crippen LogP contribution in [-0.4, -0.2) is 61.8 Å². The summed E-state index contributed by atoms with van der Waals surface area (Å²) in [5.74, 6) is 0.796. The van der Waals surface area contributed by atoms with Crippen molar-refractivity contribution in [2.75, 3.05) is 37.3 Å². The molecule has 6 rings (SSSR count). The Hall–Kier alpha value is -3.86. The van der Waals surface area contributed by atoms with Crippen molar-refractivity contribution in [3.05, 3.63) is 86.9 Å². The van der Waals surface area contributed by atoms with Gasteiger partial charge < -0.3 is 24.4 Å². The van der Waals surface area contributed by atoms with Gasteiger partial charge in [-0.2, -0.15) is 0 Å². The van der Waals surface area contributed by atoms with Crippen molar-refractivity contribution in [1.82, 2.24) is 24.8 Å². The second kappa shape index (κ2) is 9.55. The molecule has 1 fully saturated rings. The van der Waals surface area contributed by atoms with Crippen LogP contribution in [0.5, 0.6) is 0 Å². The van der Waals surface area contributed by atoms with E-state index >= 15 is 0 Å². The molecular weight excluding hydrogens is 488 g/mol. The van der Waals surface area contributed by atoms with E-state index < -0.39 is 22.3 Å². The maximum Gasteiger partial charge on any atom is 0.314 e. The van der Waals surface area contributed by atoms with E-state index in [4.69, 9.17) is 4.98 Å². The van der Waals surface area contributed by atoms with Gasteiger partial charge >= 0.3 is 11.1 Å². The molecule has 1 aliphatic heterocycles. The number of imidazole rings is 1. The first kappa shape index (κ1) is 23.5. The Morgan fingerprint density at radius 2 is 1.59 bits per heavy atom. The number of benzene rings is 3. The predicted octanol–water partition coefficient (Wildman–Crippen LogP) is 2.82. The van der Waals surface area contributed by atoms with Crippen molar-refractivity contribution in [2.45, 2.75) is 11.4 Å². The van der Waals surface area contributed by atoms with Crippen LogP contribution in [0.25, 0.3) is 33.5 Å². The number of nitrogens with zero attached hydrogens (tertiary/aromatic N) is 3. The summed E-state index contributed by atoms with van der Waals surface area (Å²) in [4.78, 5) is 42.4. The molecule has 0 saturated carbocycles. The second-order valence-corrected chi connectivity index (χ2v) is 10.7. The number of fused-ring (bicyclic) bond motifs is 2. The minimum Gasteiger partial charge on any atom is -0.612 e. The fraction of sp³-hybridized carbons (Fsp3) is 0.222. The summed E-state index contributed by atoms with van der Waals surface area (Å²) in [5, 5.41) is 0. The van der Waals surface area contributed by atoms with Crippen LogP contribution in [-0.2, 0) is 17.7 Å². The van der Waals surface area contributed by atoms with Gasteiger partial charge in [0.25, 0.3) is 0 Å². The number of aromatic amines is 3. The lowest BCUT2D eigenvalue weighted by Gasteiger charge is -2.36. The zero-order chi connectivity index (χ0) is 25.5. The Labute approximate surface area is 215 Å². The first-order valence-electron chi connectivity index (χ1n) is 12.1. The van der Waals surface area contributed by atoms with Crippen LogP contribution in [0.1, 0.15) is 5.56 Å². The van der Waals surface area contributed by atoms with E-state index in [0.717, 1.165) is 71.3 Å². The Morgan fingerprint density at radius 1 is 0.865 bits per heavy atom. The monoisotopic (exact) mass is 514 g/mol. The van der Waals surface area contributed by atoms with Gasteiger partial charge in [-0.05, 0) is 65.3 Å². The number of rotatable bonds is 5. The van der Waals surface area contributed by atoms with Gasteiger partial charge in [-0.1, -0.05) is 12.1 Å². The van der Waals surface area contributed by atoms with Gasteiger partial charge in [0.2, 0.25) is 0 Å². The minimum absolute atomic E-state index is 0.626. The molecule has 9 nitrogen and oxygen atoms in total. The van der Waals surface area contributed by atoms with Crippen LogP contribution < -0.4 is 16.0 Å². The Kier molecular flexibility index (Phi) is 6.07. The van der Waals surface area contributed by atoms with Gasteiger partial charge in [0, 0.05) is 38.3 Å². The van der Waals surface area contributed by atoms with Crippen LogP contribution in [0.4, 0.5) is 5.69 Å². The average Bonchev–Trinajstić information content (AvgIpc) is 3.35. The highest BCUT2D eigenvalue weighted by molar-refractivity contribution is 7.90. The summed E-state index contributed by atoms with van der Waals surface area (Å²) in [6, 6.07) is 19.6. The normalized spacial score (nSPS) is 15.5. The molecule has 1 aliphatic rings. The number of hydrogen-bond acceptors (Lipinski definition) is 6. The maximum atomic E-state index is 11.7. The number of hydrogen-bond donors (Lipinski definition) is 3. The van der Waals surface area contributed by atoms with Gasteiger partial charge in [0.05, 0.1) is 22.2 Å². The first-order chi connectivity index (χ1) is 17.9. The summed E-state index contributed by atoms with van der Waals surface area (Å²) >= 11 is -1.01. The predicted molar refractivity (Wildman–Crippen MR) is 147 cm³/mol. The molecular formula is C27H26N6O3S. The molecule has 1 unspecified atom stereocenters. The Morgan fingerprint density at radius 3 is 2.32 bits per heavy atom. The van der Waals surface area contributed by atoms with E-state index in [1.54, 1.807) is 6.26 Å². The summed E-state index contributed by atoms with van der Waals surface area (Å²) in [5.41, 5.74) is 5.08. The van der Waals surface area contributed by atoms with Crippen LogP contribution >= 0.6 is 0 Å². The maximum absolute atomic E-state index is 11.7. The topological polar surface area (TPSA) is 124 Å². The second-order valence-electron chi connectivity index (χ2n) is 9.29. The summed E-state index contributed by atoms with van der Waals surface area (Å²) in [6.07, 6.45) is 1.68. The highest BCUT2D eigenvalue weighted by Gasteiger charge is 2.21. The van der Waals surface area contributed by atoms with E-state index in [1.807, 2.05) is 48.5 Å². The highest BCUT2D eigenvalue weighted by Crippen LogP contribution is 2.29. The summed E-state index contributed by atoms with van der Waals surface area (Å²) in [6.45, 7) is 4.29. The molecule has 0 radical (unpaired) electrons. The summed E-state index contributed by atoms with van der Waals surface area (Å²) < 4.78 is 11.7. The molecule has 0 aliphatic carbocycles. The summed E-state index contributed by atoms with van der Waals surface area (Å²) in [7, 11) is 0. The molecule has 1 saturated heterocycles. The molecule has 0 amide bonds. The Balaban J connectivity index is 1.17. The van der Waals surface area contributed by atoms with Crippen LogP contribution in [0.2, 0.25) is 0 Å². The smallest absolute Gasteiger partial charge is 0.314 e. The fourth-order valence-corrected chi connectivity index (χ4v) is 5.40. The molecule has 0 spiro atoms. The zero-order valence-electron chi connectivity index (χ0n) is 20.3. The van der Waals surface area contributed by atoms with E-state index in [2.05, 4.69) is 36.9 Å². The molecule has 188 valence electrons. The number of piperazine rings is 1. The quantitative estimate of drug-likeness (QED) is 0.245. The molecule has 37 heavy (non-hydrogen) atoms. The lowest BCUT2D eigenvalue weighted by molar-refractivity contribution is 0.250. The molecule has 3 heterocycles. The lowest BCUT2D eigenvalue weighted by atomic mass is 10.1. The van der Waals surface area contributed by atoms with Crippen LogP contribution in [0.3, 0.4) is 0 Å². The number of aromatic nitrogens is 4. The molecule has 2 aromatic heterocycles. The van der Waals surface area contributed by atoms with Gasteiger partial charge in [0.15, 0.2) is 4.90 Å². The van der Waals surface area contributed by atoms with Crippen LogP contribution in [0.15, 0.2) is 75.1 Å². The van der Waals surface area contributed by atoms with Crippen molar-refractivity contribution in [3.63, 3.8) is 0 Å². The standard InChI is InChI=1S/C27H26N6O3S/c1-37(36)19-8-6-18(7-9-19)25-28-21-3-2-4-23(24(21)31-25)33-13-11-32(12-14-33)16-17-5-10-20-22(15-17)30-27(35)26(34)29-20/h2-10,15H,11-14,16H2,1H3,(H,28,31)(H,29,34)(H,30,35). The van der Waals surface area contributed by atoms with Gasteiger partial charge in [-0.15, -0.1) is 0 Å². The Bertz CT molecular complexity index is 1700. The van der Waals surface area contributed by atoms with Crippen LogP contribution in [0, 0.1) is 0 Å². The first-order valence-corrected chi connectivity index (χ1v) is 13.7. The highest BCUT2D eigenvalue weighted by atomic mass is 32.2. The van der Waals surface area contributed by atoms with Crippen molar-refractivity contribution >= 4 is 38.9 Å². The van der Waals surface area contributed by atoms with Gasteiger partial charge in [-0.25, -0.2) is 4.98 Å². The van der Waals surface area contributed by atoms with Crippen molar-refractivity contribution < 1.29 is 4.55 Å². The zero-order valence-corrected chi connectivity index (χ0v) is 21.1. The molecule has 5 aromatic rings. The average molecular weight is 515 g/mol. The minimum atomic E-state index is -1.01. The van der Waals surface area contributed by atoms with Gasteiger partial charge in [-0.3, -0.25) is 14.5 Å². The fourth-order valence-electron chi connectivity index (χ4n) is 4.88. The number of nitrogens with one attached hydrogen (secondary N) is 3. The number of anilines is 1. The molecule has 0 bridgehead atoms.